The Labute approximate surface area is 169 Å². The number of aryl methyl sites for hydroxylation is 1. The van der Waals surface area contributed by atoms with Gasteiger partial charge in [-0.25, -0.2) is 0 Å². The molecule has 8 nitrogen and oxygen atoms in total. The molecule has 2 amide bonds. The quantitative estimate of drug-likeness (QED) is 0.811. The van der Waals surface area contributed by atoms with Gasteiger partial charge in [0.15, 0.2) is 5.69 Å². The zero-order valence-corrected chi connectivity index (χ0v) is 16.3. The van der Waals surface area contributed by atoms with Gasteiger partial charge in [-0.15, -0.1) is 5.10 Å². The van der Waals surface area contributed by atoms with E-state index in [1.54, 1.807) is 35.1 Å². The van der Waals surface area contributed by atoms with Gasteiger partial charge in [-0.05, 0) is 56.7 Å². The molecular formula is C21H24N6O2. The second-order valence-electron chi connectivity index (χ2n) is 7.74. The molecule has 150 valence electrons. The van der Waals surface area contributed by atoms with E-state index < -0.39 is 0 Å². The minimum absolute atomic E-state index is 0.0325. The highest BCUT2D eigenvalue weighted by molar-refractivity contribution is 5.95. The van der Waals surface area contributed by atoms with Crippen molar-refractivity contribution in [3.63, 3.8) is 0 Å². The van der Waals surface area contributed by atoms with Crippen LogP contribution in [0.25, 0.3) is 0 Å². The van der Waals surface area contributed by atoms with Crippen LogP contribution < -0.4 is 5.32 Å². The molecule has 29 heavy (non-hydrogen) atoms. The van der Waals surface area contributed by atoms with Crippen LogP contribution in [0.2, 0.25) is 0 Å². The number of hydrogen-bond donors (Lipinski definition) is 1. The standard InChI is InChI=1S/C21H24N6O2/c22-13-15-4-3-5-16(12-15)21(29)27-10-2-1-6-18(27)9-11-26-14-19(24-25-26)20(28)23-17-7-8-17/h3-5,12,14,17-18H,1-2,6-11H2,(H,23,28). The Hall–Kier alpha value is -3.21. The van der Waals surface area contributed by atoms with Crippen molar-refractivity contribution in [2.24, 2.45) is 0 Å². The van der Waals surface area contributed by atoms with Gasteiger partial charge in [0.1, 0.15) is 0 Å². The van der Waals surface area contributed by atoms with E-state index in [4.69, 9.17) is 5.26 Å². The van der Waals surface area contributed by atoms with Crippen LogP contribution in [0.1, 0.15) is 64.9 Å². The number of hydrogen-bond acceptors (Lipinski definition) is 5. The molecule has 1 N–H and O–H groups in total. The molecule has 2 fully saturated rings. The fourth-order valence-electron chi connectivity index (χ4n) is 3.74. The number of carbonyl (C=O) groups is 2. The molecule has 4 rings (SSSR count). The molecule has 2 heterocycles. The zero-order valence-electron chi connectivity index (χ0n) is 16.3. The normalized spacial score (nSPS) is 18.9. The molecule has 1 aliphatic carbocycles. The second-order valence-corrected chi connectivity index (χ2v) is 7.74. The maximum Gasteiger partial charge on any atom is 0.273 e. The summed E-state index contributed by atoms with van der Waals surface area (Å²) in [6, 6.07) is 9.34. The molecule has 0 radical (unpaired) electrons. The molecule has 2 aromatic rings. The summed E-state index contributed by atoms with van der Waals surface area (Å²) in [5.74, 6) is -0.208. The number of amides is 2. The Morgan fingerprint density at radius 2 is 2.10 bits per heavy atom. The number of benzene rings is 1. The van der Waals surface area contributed by atoms with E-state index in [1.165, 1.54) is 0 Å². The summed E-state index contributed by atoms with van der Waals surface area (Å²) < 4.78 is 1.68. The van der Waals surface area contributed by atoms with Crippen LogP contribution in [-0.2, 0) is 6.54 Å². The van der Waals surface area contributed by atoms with Crippen molar-refractivity contribution in [3.8, 4) is 6.07 Å². The summed E-state index contributed by atoms with van der Waals surface area (Å²) >= 11 is 0. The Morgan fingerprint density at radius 1 is 1.24 bits per heavy atom. The minimum atomic E-state index is -0.175. The van der Waals surface area contributed by atoms with Gasteiger partial charge in [0, 0.05) is 30.7 Å². The topological polar surface area (TPSA) is 104 Å². The summed E-state index contributed by atoms with van der Waals surface area (Å²) in [4.78, 5) is 27.0. The van der Waals surface area contributed by atoms with Crippen LogP contribution in [0, 0.1) is 11.3 Å². The predicted molar refractivity (Wildman–Crippen MR) is 105 cm³/mol. The molecule has 0 bridgehead atoms. The van der Waals surface area contributed by atoms with E-state index in [1.807, 2.05) is 4.90 Å². The van der Waals surface area contributed by atoms with E-state index >= 15 is 0 Å². The van der Waals surface area contributed by atoms with Crippen molar-refractivity contribution < 1.29 is 9.59 Å². The number of rotatable bonds is 6. The van der Waals surface area contributed by atoms with Gasteiger partial charge in [0.25, 0.3) is 11.8 Å². The van der Waals surface area contributed by atoms with E-state index in [-0.39, 0.29) is 23.9 Å². The average Bonchev–Trinajstić information content (AvgIpc) is 3.44. The fourth-order valence-corrected chi connectivity index (χ4v) is 3.74. The summed E-state index contributed by atoms with van der Waals surface area (Å²) in [5, 5.41) is 20.0. The van der Waals surface area contributed by atoms with Crippen molar-refractivity contribution in [2.75, 3.05) is 6.54 Å². The fraction of sp³-hybridized carbons (Fsp3) is 0.476. The number of aromatic nitrogens is 3. The third kappa shape index (κ3) is 4.62. The van der Waals surface area contributed by atoms with Crippen molar-refractivity contribution >= 4 is 11.8 Å². The molecule has 1 saturated heterocycles. The predicted octanol–water partition coefficient (Wildman–Crippen LogP) is 2.13. The van der Waals surface area contributed by atoms with Gasteiger partial charge in [-0.2, -0.15) is 5.26 Å². The second kappa shape index (κ2) is 8.43. The lowest BCUT2D eigenvalue weighted by atomic mass is 9.98. The van der Waals surface area contributed by atoms with E-state index in [0.29, 0.717) is 29.9 Å². The Kier molecular flexibility index (Phi) is 5.56. The Morgan fingerprint density at radius 3 is 2.90 bits per heavy atom. The van der Waals surface area contributed by atoms with Gasteiger partial charge in [0.05, 0.1) is 17.8 Å². The molecule has 1 aromatic carbocycles. The summed E-state index contributed by atoms with van der Waals surface area (Å²) in [6.45, 7) is 1.31. The van der Waals surface area contributed by atoms with Crippen LogP contribution in [0.4, 0.5) is 0 Å². The lowest BCUT2D eigenvalue weighted by molar-refractivity contribution is 0.0593. The van der Waals surface area contributed by atoms with E-state index in [2.05, 4.69) is 21.7 Å². The largest absolute Gasteiger partial charge is 0.348 e. The molecule has 2 aliphatic rings. The molecule has 1 atom stereocenters. The first kappa shape index (κ1) is 19.1. The first-order chi connectivity index (χ1) is 14.1. The molecule has 8 heteroatoms. The van der Waals surface area contributed by atoms with Gasteiger partial charge in [-0.3, -0.25) is 14.3 Å². The van der Waals surface area contributed by atoms with Crippen LogP contribution in [0.5, 0.6) is 0 Å². The van der Waals surface area contributed by atoms with Crippen molar-refractivity contribution in [2.45, 2.75) is 57.2 Å². The van der Waals surface area contributed by atoms with Gasteiger partial charge in [-0.1, -0.05) is 11.3 Å². The number of carbonyl (C=O) groups excluding carboxylic acids is 2. The number of nitrogens with one attached hydrogen (secondary N) is 1. The molecule has 1 saturated carbocycles. The monoisotopic (exact) mass is 392 g/mol. The molecular weight excluding hydrogens is 368 g/mol. The third-order valence-corrected chi connectivity index (χ3v) is 5.50. The van der Waals surface area contributed by atoms with Crippen LogP contribution >= 0.6 is 0 Å². The first-order valence-electron chi connectivity index (χ1n) is 10.2. The van der Waals surface area contributed by atoms with Crippen molar-refractivity contribution in [3.05, 3.63) is 47.3 Å². The molecule has 0 spiro atoms. The number of nitrogens with zero attached hydrogens (tertiary/aromatic N) is 5. The van der Waals surface area contributed by atoms with Gasteiger partial charge < -0.3 is 10.2 Å². The maximum atomic E-state index is 13.0. The van der Waals surface area contributed by atoms with Crippen LogP contribution in [-0.4, -0.2) is 50.3 Å². The summed E-state index contributed by atoms with van der Waals surface area (Å²) in [5.41, 5.74) is 1.38. The molecule has 1 aromatic heterocycles. The highest BCUT2D eigenvalue weighted by Crippen LogP contribution is 2.23. The Balaban J connectivity index is 1.39. The highest BCUT2D eigenvalue weighted by atomic mass is 16.2. The molecule has 1 unspecified atom stereocenters. The Bertz CT molecular complexity index is 943. The first-order valence-corrected chi connectivity index (χ1v) is 10.2. The number of likely N-dealkylation sites (tertiary alicyclic amines) is 1. The SMILES string of the molecule is N#Cc1cccc(C(=O)N2CCCCC2CCn2cc(C(=O)NC3CC3)nn2)c1. The summed E-state index contributed by atoms with van der Waals surface area (Å²) in [6.07, 6.45) is 7.48. The van der Waals surface area contributed by atoms with Gasteiger partial charge in [0.2, 0.25) is 0 Å². The minimum Gasteiger partial charge on any atom is -0.348 e. The van der Waals surface area contributed by atoms with Crippen LogP contribution in [0.3, 0.4) is 0 Å². The lowest BCUT2D eigenvalue weighted by Gasteiger charge is -2.36. The maximum absolute atomic E-state index is 13.0. The van der Waals surface area contributed by atoms with Crippen molar-refractivity contribution in [1.29, 1.82) is 5.26 Å². The number of nitriles is 1. The van der Waals surface area contributed by atoms with Crippen LogP contribution in [0.15, 0.2) is 30.5 Å². The van der Waals surface area contributed by atoms with Gasteiger partial charge >= 0.3 is 0 Å². The summed E-state index contributed by atoms with van der Waals surface area (Å²) in [7, 11) is 0. The molecule has 1 aliphatic heterocycles. The van der Waals surface area contributed by atoms with E-state index in [0.717, 1.165) is 38.5 Å². The third-order valence-electron chi connectivity index (χ3n) is 5.50. The zero-order chi connectivity index (χ0) is 20.2. The van der Waals surface area contributed by atoms with E-state index in [9.17, 15) is 9.59 Å². The van der Waals surface area contributed by atoms with Crippen molar-refractivity contribution in [1.82, 2.24) is 25.2 Å². The highest BCUT2D eigenvalue weighted by Gasteiger charge is 2.28. The number of piperidine rings is 1. The smallest absolute Gasteiger partial charge is 0.273 e. The average molecular weight is 392 g/mol. The lowest BCUT2D eigenvalue weighted by Crippen LogP contribution is -2.44.